The van der Waals surface area contributed by atoms with Crippen molar-refractivity contribution in [3.63, 3.8) is 0 Å². The summed E-state index contributed by atoms with van der Waals surface area (Å²) in [6.07, 6.45) is 6.27. The molecule has 3 aromatic heterocycles. The van der Waals surface area contributed by atoms with Gasteiger partial charge < -0.3 is 17.2 Å². The highest BCUT2D eigenvalue weighted by Gasteiger charge is 2.28. The van der Waals surface area contributed by atoms with E-state index in [4.69, 9.17) is 22.2 Å². The van der Waals surface area contributed by atoms with E-state index in [1.807, 2.05) is 36.6 Å². The van der Waals surface area contributed by atoms with Crippen LogP contribution in [-0.2, 0) is 19.9 Å². The number of nitrogen functional groups attached to an aromatic ring is 2. The van der Waals surface area contributed by atoms with Crippen LogP contribution >= 0.6 is 0 Å². The molecule has 0 bridgehead atoms. The molecule has 12 heteroatoms. The van der Waals surface area contributed by atoms with Crippen LogP contribution < -0.4 is 22.8 Å². The van der Waals surface area contributed by atoms with Crippen LogP contribution in [0.15, 0.2) is 29.3 Å². The minimum atomic E-state index is -0.694. The Hall–Kier alpha value is -4.35. The van der Waals surface area contributed by atoms with Crippen LogP contribution in [0.1, 0.15) is 75.0 Å². The zero-order valence-electron chi connectivity index (χ0n) is 22.6. The van der Waals surface area contributed by atoms with Crippen molar-refractivity contribution in [1.29, 1.82) is 0 Å². The Morgan fingerprint density at radius 2 is 1.74 bits per heavy atom. The summed E-state index contributed by atoms with van der Waals surface area (Å²) < 4.78 is 3.20. The first kappa shape index (κ1) is 28.2. The molecule has 202 valence electrons. The number of carbonyl (C=O) groups excluding carboxylic acids is 1. The number of benzene rings is 1. The fourth-order valence-corrected chi connectivity index (χ4v) is 4.11. The van der Waals surface area contributed by atoms with Gasteiger partial charge in [0.1, 0.15) is 29.4 Å². The van der Waals surface area contributed by atoms with E-state index in [-0.39, 0.29) is 34.4 Å². The molecule has 3 heterocycles. The standard InChI is InChI=1S/C16H20N2O.C8H10N8O.C2H6/c1-3-6-14-17-13-8-5-7-11(4-2)15(13)16(19)18(14)12-9-10-12;1-16-8(6(11)17)14-7(15-16)3-4(9)12-2-13-5(3)10;1-2/h5,7-8,12H,3-4,6,9-10H2,1-2H3;2H,1H3,(H2,11,17)(H4,9,10,12,13);1-2H3. The SMILES string of the molecule is CC.CCCc1nc2cccc(CC)c2c(=O)n1C1CC1.Cn1nc(-c2c(N)ncnc2N)nc1C(N)=O. The van der Waals surface area contributed by atoms with Gasteiger partial charge in [-0.25, -0.2) is 24.6 Å². The van der Waals surface area contributed by atoms with Gasteiger partial charge in [-0.1, -0.05) is 39.8 Å². The lowest BCUT2D eigenvalue weighted by atomic mass is 10.1. The second-order valence-corrected chi connectivity index (χ2v) is 8.62. The number of aromatic nitrogens is 7. The van der Waals surface area contributed by atoms with Crippen molar-refractivity contribution < 1.29 is 4.79 Å². The molecule has 0 unspecified atom stereocenters. The highest BCUT2D eigenvalue weighted by molar-refractivity contribution is 5.90. The molecule has 1 aromatic carbocycles. The molecule has 5 rings (SSSR count). The average Bonchev–Trinajstić information content (AvgIpc) is 3.66. The summed E-state index contributed by atoms with van der Waals surface area (Å²) in [6, 6.07) is 6.41. The molecule has 1 aliphatic rings. The number of hydrogen-bond donors (Lipinski definition) is 3. The summed E-state index contributed by atoms with van der Waals surface area (Å²) in [5, 5.41) is 4.82. The molecule has 6 N–H and O–H groups in total. The van der Waals surface area contributed by atoms with Crippen LogP contribution in [0.4, 0.5) is 11.6 Å². The van der Waals surface area contributed by atoms with Gasteiger partial charge in [0.15, 0.2) is 5.82 Å². The molecule has 1 fully saturated rings. The molecule has 1 amide bonds. The average molecular weight is 521 g/mol. The summed E-state index contributed by atoms with van der Waals surface area (Å²) in [4.78, 5) is 40.1. The third kappa shape index (κ3) is 5.79. The minimum Gasteiger partial charge on any atom is -0.383 e. The summed E-state index contributed by atoms with van der Waals surface area (Å²) in [6.45, 7) is 8.23. The Labute approximate surface area is 221 Å². The van der Waals surface area contributed by atoms with Gasteiger partial charge in [0, 0.05) is 19.5 Å². The molecule has 0 saturated heterocycles. The van der Waals surface area contributed by atoms with E-state index in [1.54, 1.807) is 0 Å². The Kier molecular flexibility index (Phi) is 9.11. The summed E-state index contributed by atoms with van der Waals surface area (Å²) >= 11 is 0. The van der Waals surface area contributed by atoms with E-state index in [0.717, 1.165) is 54.4 Å². The lowest BCUT2D eigenvalue weighted by Crippen LogP contribution is -2.25. The third-order valence-electron chi connectivity index (χ3n) is 5.97. The number of fused-ring (bicyclic) bond motifs is 1. The topological polar surface area (TPSA) is 187 Å². The summed E-state index contributed by atoms with van der Waals surface area (Å²) in [7, 11) is 1.53. The molecular weight excluding hydrogens is 484 g/mol. The van der Waals surface area contributed by atoms with Crippen LogP contribution in [0.2, 0.25) is 0 Å². The van der Waals surface area contributed by atoms with Gasteiger partial charge in [0.2, 0.25) is 5.82 Å². The maximum Gasteiger partial charge on any atom is 0.286 e. The smallest absolute Gasteiger partial charge is 0.286 e. The molecule has 4 aromatic rings. The fraction of sp³-hybridized carbons (Fsp3) is 0.423. The lowest BCUT2D eigenvalue weighted by molar-refractivity contribution is 0.0986. The third-order valence-corrected chi connectivity index (χ3v) is 5.97. The maximum absolute atomic E-state index is 12.8. The predicted octanol–water partition coefficient (Wildman–Crippen LogP) is 2.81. The van der Waals surface area contributed by atoms with Gasteiger partial charge in [-0.2, -0.15) is 5.10 Å². The lowest BCUT2D eigenvalue weighted by Gasteiger charge is -2.13. The quantitative estimate of drug-likeness (QED) is 0.343. The van der Waals surface area contributed by atoms with Crippen molar-refractivity contribution in [3.8, 4) is 11.4 Å². The van der Waals surface area contributed by atoms with Crippen molar-refractivity contribution >= 4 is 28.4 Å². The van der Waals surface area contributed by atoms with Crippen LogP contribution in [0.5, 0.6) is 0 Å². The van der Waals surface area contributed by atoms with Gasteiger partial charge in [-0.05, 0) is 37.3 Å². The zero-order chi connectivity index (χ0) is 28.0. The van der Waals surface area contributed by atoms with Gasteiger partial charge in [0.25, 0.3) is 11.5 Å². The van der Waals surface area contributed by atoms with E-state index in [9.17, 15) is 9.59 Å². The number of carbonyl (C=O) groups is 1. The monoisotopic (exact) mass is 520 g/mol. The van der Waals surface area contributed by atoms with E-state index in [1.165, 1.54) is 18.1 Å². The van der Waals surface area contributed by atoms with Crippen molar-refractivity contribution in [3.05, 3.63) is 52.1 Å². The number of amides is 1. The molecule has 0 spiro atoms. The Morgan fingerprint density at radius 1 is 1.08 bits per heavy atom. The number of rotatable bonds is 6. The number of nitrogens with two attached hydrogens (primary N) is 3. The number of aryl methyl sites for hydroxylation is 3. The maximum atomic E-state index is 12.8. The van der Waals surface area contributed by atoms with Crippen LogP contribution in [0, 0.1) is 0 Å². The van der Waals surface area contributed by atoms with E-state index in [2.05, 4.69) is 33.9 Å². The van der Waals surface area contributed by atoms with Crippen LogP contribution in [-0.4, -0.2) is 40.2 Å². The van der Waals surface area contributed by atoms with Crippen molar-refractivity contribution in [1.82, 2.24) is 34.3 Å². The number of anilines is 2. The van der Waals surface area contributed by atoms with Gasteiger partial charge in [0.05, 0.1) is 10.9 Å². The normalized spacial score (nSPS) is 12.3. The molecular formula is C26H36N10O2. The minimum absolute atomic E-state index is 0.00246. The number of nitrogens with zero attached hydrogens (tertiary/aromatic N) is 7. The van der Waals surface area contributed by atoms with E-state index in [0.29, 0.717) is 6.04 Å². The van der Waals surface area contributed by atoms with E-state index >= 15 is 0 Å². The van der Waals surface area contributed by atoms with Gasteiger partial charge in [-0.15, -0.1) is 0 Å². The second kappa shape index (κ2) is 12.3. The molecule has 1 aliphatic carbocycles. The zero-order valence-corrected chi connectivity index (χ0v) is 22.6. The van der Waals surface area contributed by atoms with Gasteiger partial charge in [-0.3, -0.25) is 14.2 Å². The highest BCUT2D eigenvalue weighted by Crippen LogP contribution is 2.35. The molecule has 38 heavy (non-hydrogen) atoms. The number of hydrogen-bond acceptors (Lipinski definition) is 9. The molecule has 12 nitrogen and oxygen atoms in total. The Bertz CT molecular complexity index is 1470. The van der Waals surface area contributed by atoms with Crippen molar-refractivity contribution in [2.24, 2.45) is 12.8 Å². The van der Waals surface area contributed by atoms with E-state index < -0.39 is 5.91 Å². The fourth-order valence-electron chi connectivity index (χ4n) is 4.11. The summed E-state index contributed by atoms with van der Waals surface area (Å²) in [5.41, 5.74) is 18.9. The molecule has 0 aliphatic heterocycles. The van der Waals surface area contributed by atoms with Crippen LogP contribution in [0.25, 0.3) is 22.3 Å². The number of primary amides is 1. The molecule has 1 saturated carbocycles. The molecule has 0 radical (unpaired) electrons. The highest BCUT2D eigenvalue weighted by atomic mass is 16.1. The van der Waals surface area contributed by atoms with Crippen LogP contribution in [0.3, 0.4) is 0 Å². The first-order valence-electron chi connectivity index (χ1n) is 12.9. The molecule has 0 atom stereocenters. The van der Waals surface area contributed by atoms with Crippen molar-refractivity contribution in [2.75, 3.05) is 11.5 Å². The Morgan fingerprint density at radius 3 is 2.26 bits per heavy atom. The Balaban J connectivity index is 0.000000199. The first-order valence-corrected chi connectivity index (χ1v) is 12.9. The van der Waals surface area contributed by atoms with Gasteiger partial charge >= 0.3 is 0 Å². The summed E-state index contributed by atoms with van der Waals surface area (Å²) in [5.74, 6) is 0.716. The first-order chi connectivity index (χ1) is 18.3. The predicted molar refractivity (Wildman–Crippen MR) is 148 cm³/mol. The van der Waals surface area contributed by atoms with Crippen molar-refractivity contribution in [2.45, 2.75) is 65.8 Å². The second-order valence-electron chi connectivity index (χ2n) is 8.62. The largest absolute Gasteiger partial charge is 0.383 e.